The highest BCUT2D eigenvalue weighted by Gasteiger charge is 2.43. The van der Waals surface area contributed by atoms with Crippen molar-refractivity contribution < 1.29 is 4.39 Å². The van der Waals surface area contributed by atoms with Crippen molar-refractivity contribution in [3.63, 3.8) is 0 Å². The predicted octanol–water partition coefficient (Wildman–Crippen LogP) is 3.50. The van der Waals surface area contributed by atoms with Crippen molar-refractivity contribution in [2.75, 3.05) is 40.8 Å². The molecule has 2 aliphatic rings. The Morgan fingerprint density at radius 1 is 1.28 bits per heavy atom. The summed E-state index contributed by atoms with van der Waals surface area (Å²) in [6, 6.07) is 6.97. The molecule has 6 heteroatoms. The van der Waals surface area contributed by atoms with Crippen LogP contribution in [0.5, 0.6) is 0 Å². The molecule has 1 saturated carbocycles. The highest BCUT2D eigenvalue weighted by molar-refractivity contribution is 14.0. The topological polar surface area (TPSA) is 30.9 Å². The fraction of sp³-hybridized carbons (Fsp3) is 0.632. The van der Waals surface area contributed by atoms with Crippen LogP contribution >= 0.6 is 24.0 Å². The van der Waals surface area contributed by atoms with Gasteiger partial charge in [0.15, 0.2) is 5.96 Å². The lowest BCUT2D eigenvalue weighted by Crippen LogP contribution is -2.45. The minimum Gasteiger partial charge on any atom is -0.354 e. The van der Waals surface area contributed by atoms with Crippen molar-refractivity contribution in [1.29, 1.82) is 0 Å². The second-order valence-electron chi connectivity index (χ2n) is 7.48. The lowest BCUT2D eigenvalue weighted by atomic mass is 9.68. The zero-order valence-electron chi connectivity index (χ0n) is 15.5. The molecule has 1 aromatic carbocycles. The number of hydrogen-bond donors (Lipinski definition) is 1. The lowest BCUT2D eigenvalue weighted by molar-refractivity contribution is 0.151. The van der Waals surface area contributed by atoms with Crippen LogP contribution in [0, 0.1) is 11.2 Å². The molecule has 1 aromatic rings. The quantitative estimate of drug-likeness (QED) is 0.424. The Morgan fingerprint density at radius 2 is 1.96 bits per heavy atom. The van der Waals surface area contributed by atoms with E-state index < -0.39 is 0 Å². The Balaban J connectivity index is 0.00000225. The number of benzene rings is 1. The van der Waals surface area contributed by atoms with Gasteiger partial charge in [0.1, 0.15) is 5.82 Å². The number of nitrogens with zero attached hydrogens (tertiary/aromatic N) is 3. The van der Waals surface area contributed by atoms with Crippen molar-refractivity contribution in [2.24, 2.45) is 10.4 Å². The highest BCUT2D eigenvalue weighted by Crippen LogP contribution is 2.47. The largest absolute Gasteiger partial charge is 0.354 e. The molecule has 0 bridgehead atoms. The third-order valence-corrected chi connectivity index (χ3v) is 5.70. The molecule has 0 radical (unpaired) electrons. The second kappa shape index (κ2) is 8.66. The summed E-state index contributed by atoms with van der Waals surface area (Å²) in [6.07, 6.45) is 5.42. The van der Waals surface area contributed by atoms with Crippen LogP contribution in [0.25, 0.3) is 0 Å². The highest BCUT2D eigenvalue weighted by atomic mass is 127. The molecule has 1 spiro atoms. The third kappa shape index (κ3) is 4.64. The molecule has 140 valence electrons. The van der Waals surface area contributed by atoms with Crippen molar-refractivity contribution in [2.45, 2.75) is 31.7 Å². The molecule has 0 amide bonds. The van der Waals surface area contributed by atoms with E-state index in [1.807, 2.05) is 19.2 Å². The van der Waals surface area contributed by atoms with Crippen molar-refractivity contribution >= 4 is 29.9 Å². The van der Waals surface area contributed by atoms with Gasteiger partial charge in [-0.25, -0.2) is 4.39 Å². The fourth-order valence-electron chi connectivity index (χ4n) is 4.00. The van der Waals surface area contributed by atoms with Gasteiger partial charge in [-0.2, -0.15) is 0 Å². The summed E-state index contributed by atoms with van der Waals surface area (Å²) in [7, 11) is 5.96. The maximum Gasteiger partial charge on any atom is 0.193 e. The molecule has 1 unspecified atom stereocenters. The van der Waals surface area contributed by atoms with Gasteiger partial charge in [0, 0.05) is 26.7 Å². The van der Waals surface area contributed by atoms with E-state index >= 15 is 0 Å². The van der Waals surface area contributed by atoms with E-state index in [-0.39, 0.29) is 35.8 Å². The Morgan fingerprint density at radius 3 is 2.44 bits per heavy atom. The molecule has 1 aliphatic carbocycles. The van der Waals surface area contributed by atoms with Gasteiger partial charge in [0.25, 0.3) is 0 Å². The minimum atomic E-state index is -0.192. The Hall–Kier alpha value is -0.890. The first-order valence-electron chi connectivity index (χ1n) is 8.90. The van der Waals surface area contributed by atoms with E-state index in [4.69, 9.17) is 0 Å². The van der Waals surface area contributed by atoms with Crippen molar-refractivity contribution in [1.82, 2.24) is 15.1 Å². The maximum absolute atomic E-state index is 13.2. The van der Waals surface area contributed by atoms with E-state index in [1.54, 1.807) is 0 Å². The summed E-state index contributed by atoms with van der Waals surface area (Å²) in [5.74, 6) is 0.802. The number of hydrogen-bond acceptors (Lipinski definition) is 2. The Labute approximate surface area is 167 Å². The standard InChI is InChI=1S/C19H29FN4.HI/c1-21-18(24-12-11-19(14-24)9-4-10-19)22-13-17(23(2)3)15-5-7-16(20)8-6-15;/h5-8,17H,4,9-14H2,1-3H3,(H,21,22);1H. The van der Waals surface area contributed by atoms with E-state index in [1.165, 1.54) is 37.8 Å². The van der Waals surface area contributed by atoms with Gasteiger partial charge in [0.2, 0.25) is 0 Å². The van der Waals surface area contributed by atoms with Crippen LogP contribution in [0.3, 0.4) is 0 Å². The van der Waals surface area contributed by atoms with Gasteiger partial charge in [-0.15, -0.1) is 24.0 Å². The van der Waals surface area contributed by atoms with E-state index in [0.29, 0.717) is 5.41 Å². The number of likely N-dealkylation sites (N-methyl/N-ethyl adjacent to an activating group) is 1. The van der Waals surface area contributed by atoms with Crippen LogP contribution in [0.2, 0.25) is 0 Å². The Bertz CT molecular complexity index is 584. The first-order valence-corrected chi connectivity index (χ1v) is 8.90. The Kier molecular flexibility index (Phi) is 7.08. The predicted molar refractivity (Wildman–Crippen MR) is 112 cm³/mol. The molecule has 2 fully saturated rings. The molecule has 0 aromatic heterocycles. The normalized spacial score (nSPS) is 20.4. The number of likely N-dealkylation sites (tertiary alicyclic amines) is 1. The minimum absolute atomic E-state index is 0. The molecule has 3 rings (SSSR count). The zero-order chi connectivity index (χ0) is 17.2. The third-order valence-electron chi connectivity index (χ3n) is 5.70. The van der Waals surface area contributed by atoms with Gasteiger partial charge >= 0.3 is 0 Å². The second-order valence-corrected chi connectivity index (χ2v) is 7.48. The number of rotatable bonds is 4. The summed E-state index contributed by atoms with van der Waals surface area (Å²) >= 11 is 0. The molecule has 25 heavy (non-hydrogen) atoms. The number of aliphatic imine (C=N–C) groups is 1. The van der Waals surface area contributed by atoms with Gasteiger partial charge < -0.3 is 15.1 Å². The van der Waals surface area contributed by atoms with Crippen molar-refractivity contribution in [3.8, 4) is 0 Å². The first-order chi connectivity index (χ1) is 11.5. The van der Waals surface area contributed by atoms with Gasteiger partial charge in [-0.3, -0.25) is 4.99 Å². The molecular weight excluding hydrogens is 430 g/mol. The summed E-state index contributed by atoms with van der Waals surface area (Å²) in [5.41, 5.74) is 1.68. The molecule has 1 N–H and O–H groups in total. The van der Waals surface area contributed by atoms with Crippen LogP contribution in [0.1, 0.15) is 37.3 Å². The maximum atomic E-state index is 13.2. The van der Waals surface area contributed by atoms with Crippen LogP contribution in [-0.4, -0.2) is 56.5 Å². The summed E-state index contributed by atoms with van der Waals surface area (Å²) in [6.45, 7) is 2.99. The number of nitrogens with one attached hydrogen (secondary N) is 1. The van der Waals surface area contributed by atoms with Gasteiger partial charge in [0.05, 0.1) is 6.04 Å². The summed E-state index contributed by atoms with van der Waals surface area (Å²) in [4.78, 5) is 9.04. The molecule has 1 atom stereocenters. The molecule has 1 saturated heterocycles. The average Bonchev–Trinajstić information content (AvgIpc) is 2.98. The molecule has 1 heterocycles. The number of halogens is 2. The molecule has 1 aliphatic heterocycles. The molecular formula is C19H30FIN4. The summed E-state index contributed by atoms with van der Waals surface area (Å²) < 4.78 is 13.2. The van der Waals surface area contributed by atoms with E-state index in [0.717, 1.165) is 31.2 Å². The van der Waals surface area contributed by atoms with Crippen molar-refractivity contribution in [3.05, 3.63) is 35.6 Å². The average molecular weight is 460 g/mol. The zero-order valence-corrected chi connectivity index (χ0v) is 17.8. The summed E-state index contributed by atoms with van der Waals surface area (Å²) in [5, 5.41) is 3.53. The van der Waals surface area contributed by atoms with Crippen LogP contribution in [-0.2, 0) is 0 Å². The smallest absolute Gasteiger partial charge is 0.193 e. The van der Waals surface area contributed by atoms with Crippen LogP contribution in [0.15, 0.2) is 29.3 Å². The van der Waals surface area contributed by atoms with Crippen LogP contribution < -0.4 is 5.32 Å². The van der Waals surface area contributed by atoms with E-state index in [2.05, 4.69) is 34.2 Å². The monoisotopic (exact) mass is 460 g/mol. The van der Waals surface area contributed by atoms with Crippen LogP contribution in [0.4, 0.5) is 4.39 Å². The van der Waals surface area contributed by atoms with E-state index in [9.17, 15) is 4.39 Å². The SMILES string of the molecule is CN=C(NCC(c1ccc(F)cc1)N(C)C)N1CCC2(CCC2)C1.I. The van der Waals surface area contributed by atoms with Gasteiger partial charge in [-0.1, -0.05) is 18.6 Å². The van der Waals surface area contributed by atoms with Gasteiger partial charge in [-0.05, 0) is 56.5 Å². The lowest BCUT2D eigenvalue weighted by Gasteiger charge is -2.38. The number of guanidine groups is 1. The molecule has 4 nitrogen and oxygen atoms in total. The fourth-order valence-corrected chi connectivity index (χ4v) is 4.00. The first kappa shape index (κ1) is 20.4.